The summed E-state index contributed by atoms with van der Waals surface area (Å²) in [5.74, 6) is 1.94. The maximum atomic E-state index is 13.9. The highest BCUT2D eigenvalue weighted by Crippen LogP contribution is 2.45. The molecule has 47 heavy (non-hydrogen) atoms. The Kier molecular flexibility index (Phi) is 11.7. The molecule has 6 rings (SSSR count). The van der Waals surface area contributed by atoms with Crippen LogP contribution in [0.15, 0.2) is 40.8 Å². The van der Waals surface area contributed by atoms with E-state index in [1.807, 2.05) is 11.0 Å². The van der Waals surface area contributed by atoms with Gasteiger partial charge < -0.3 is 14.6 Å². The molecule has 0 bridgehead atoms. The number of rotatable bonds is 5. The minimum atomic E-state index is -0.334. The summed E-state index contributed by atoms with van der Waals surface area (Å²) in [4.78, 5) is 28.7. The van der Waals surface area contributed by atoms with E-state index >= 15 is 0 Å². The second-order valence-electron chi connectivity index (χ2n) is 14.6. The summed E-state index contributed by atoms with van der Waals surface area (Å²) in [7, 11) is 1.64. The van der Waals surface area contributed by atoms with Gasteiger partial charge in [0.1, 0.15) is 17.2 Å². The Morgan fingerprint density at radius 2 is 1.36 bits per heavy atom. The van der Waals surface area contributed by atoms with Gasteiger partial charge >= 0.3 is 0 Å². The molecule has 2 amide bonds. The molecule has 2 unspecified atom stereocenters. The summed E-state index contributed by atoms with van der Waals surface area (Å²) in [5, 5.41) is 3.59. The molecule has 0 spiro atoms. The van der Waals surface area contributed by atoms with Crippen LogP contribution < -0.4 is 10.2 Å². The number of furan rings is 1. The number of hydrogen-bond donors (Lipinski definition) is 1. The normalized spacial score (nSPS) is 23.0. The van der Waals surface area contributed by atoms with E-state index < -0.39 is 0 Å². The van der Waals surface area contributed by atoms with E-state index in [1.54, 1.807) is 19.2 Å². The van der Waals surface area contributed by atoms with E-state index in [1.165, 1.54) is 120 Å². The number of hydrogen-bond acceptors (Lipinski definition) is 3. The second-order valence-corrected chi connectivity index (χ2v) is 14.6. The number of carbonyl (C=O) groups is 2. The summed E-state index contributed by atoms with van der Waals surface area (Å²) in [6, 6.07) is 10.3. The monoisotopic (exact) mass is 642 g/mol. The van der Waals surface area contributed by atoms with Crippen molar-refractivity contribution in [1.82, 2.24) is 5.32 Å². The van der Waals surface area contributed by atoms with Gasteiger partial charge in [-0.3, -0.25) is 9.59 Å². The van der Waals surface area contributed by atoms with Crippen molar-refractivity contribution in [2.24, 2.45) is 11.8 Å². The highest BCUT2D eigenvalue weighted by Gasteiger charge is 2.31. The van der Waals surface area contributed by atoms with Crippen molar-refractivity contribution in [3.8, 4) is 11.3 Å². The summed E-state index contributed by atoms with van der Waals surface area (Å²) in [6.07, 6.45) is 25.1. The molecule has 254 valence electrons. The Morgan fingerprint density at radius 1 is 0.766 bits per heavy atom. The minimum Gasteiger partial charge on any atom is -0.455 e. The molecular formula is C41H55FN2O3. The first-order valence-corrected chi connectivity index (χ1v) is 18.9. The average molecular weight is 643 g/mol. The molecule has 2 atom stereocenters. The lowest BCUT2D eigenvalue weighted by molar-refractivity contribution is -0.117. The van der Waals surface area contributed by atoms with Crippen LogP contribution in [-0.4, -0.2) is 25.4 Å². The predicted molar refractivity (Wildman–Crippen MR) is 189 cm³/mol. The van der Waals surface area contributed by atoms with Crippen molar-refractivity contribution in [3.63, 3.8) is 0 Å². The first-order valence-electron chi connectivity index (χ1n) is 18.9. The van der Waals surface area contributed by atoms with Crippen LogP contribution in [-0.2, 0) is 4.79 Å². The first-order chi connectivity index (χ1) is 23.0. The minimum absolute atomic E-state index is 0.165. The van der Waals surface area contributed by atoms with Crippen LogP contribution in [0.2, 0.25) is 0 Å². The number of fused-ring (bicyclic) bond motifs is 1. The highest BCUT2D eigenvalue weighted by molar-refractivity contribution is 6.12. The third-order valence-electron chi connectivity index (χ3n) is 11.5. The maximum absolute atomic E-state index is 13.9. The molecule has 5 nitrogen and oxygen atoms in total. The van der Waals surface area contributed by atoms with Crippen LogP contribution in [0.25, 0.3) is 22.3 Å². The molecule has 6 heteroatoms. The van der Waals surface area contributed by atoms with Crippen LogP contribution in [0, 0.1) is 17.7 Å². The molecule has 2 saturated carbocycles. The Bertz CT molecular complexity index is 1480. The van der Waals surface area contributed by atoms with Crippen LogP contribution in [0.5, 0.6) is 0 Å². The molecule has 0 radical (unpaired) electrons. The van der Waals surface area contributed by atoms with Crippen LogP contribution in [0.4, 0.5) is 10.1 Å². The number of halogens is 1. The van der Waals surface area contributed by atoms with Crippen molar-refractivity contribution < 1.29 is 18.4 Å². The zero-order valence-electron chi connectivity index (χ0n) is 28.6. The van der Waals surface area contributed by atoms with E-state index in [4.69, 9.17) is 4.42 Å². The van der Waals surface area contributed by atoms with E-state index in [2.05, 4.69) is 11.4 Å². The van der Waals surface area contributed by atoms with E-state index in [-0.39, 0.29) is 17.6 Å². The summed E-state index contributed by atoms with van der Waals surface area (Å²) < 4.78 is 20.3. The first kappa shape index (κ1) is 33.7. The van der Waals surface area contributed by atoms with Gasteiger partial charge in [-0.1, -0.05) is 96.3 Å². The van der Waals surface area contributed by atoms with Crippen LogP contribution in [0.1, 0.15) is 150 Å². The summed E-state index contributed by atoms with van der Waals surface area (Å²) in [6.45, 7) is 0.711. The lowest BCUT2D eigenvalue weighted by Crippen LogP contribution is -2.26. The number of nitrogens with one attached hydrogen (secondary N) is 1. The zero-order chi connectivity index (χ0) is 32.6. The predicted octanol–water partition coefficient (Wildman–Crippen LogP) is 11.1. The van der Waals surface area contributed by atoms with Crippen molar-refractivity contribution in [2.45, 2.75) is 134 Å². The lowest BCUT2D eigenvalue weighted by atomic mass is 9.76. The molecule has 3 aliphatic rings. The maximum Gasteiger partial charge on any atom is 0.255 e. The van der Waals surface area contributed by atoms with Gasteiger partial charge in [-0.2, -0.15) is 0 Å². The fourth-order valence-corrected chi connectivity index (χ4v) is 8.89. The van der Waals surface area contributed by atoms with Crippen molar-refractivity contribution in [3.05, 3.63) is 53.3 Å². The Morgan fingerprint density at radius 3 is 1.96 bits per heavy atom. The average Bonchev–Trinajstić information content (AvgIpc) is 3.67. The van der Waals surface area contributed by atoms with E-state index in [0.29, 0.717) is 41.4 Å². The summed E-state index contributed by atoms with van der Waals surface area (Å²) >= 11 is 0. The fraction of sp³-hybridized carbons (Fsp3) is 0.610. The summed E-state index contributed by atoms with van der Waals surface area (Å²) in [5.41, 5.74) is 3.87. The molecule has 3 fully saturated rings. The van der Waals surface area contributed by atoms with Gasteiger partial charge in [0.15, 0.2) is 0 Å². The van der Waals surface area contributed by atoms with Crippen molar-refractivity contribution in [1.29, 1.82) is 0 Å². The Labute approximate surface area is 281 Å². The van der Waals surface area contributed by atoms with Gasteiger partial charge in [-0.15, -0.1) is 0 Å². The van der Waals surface area contributed by atoms with E-state index in [0.717, 1.165) is 42.2 Å². The Balaban J connectivity index is 1.40. The van der Waals surface area contributed by atoms with Gasteiger partial charge in [0.25, 0.3) is 5.91 Å². The SMILES string of the molecule is CNC(=O)c1c(-c2ccc(F)cc2)oc2cc(N3CCCC3=O)c(C3CCCCCCCC(C4CCCCCCCCC4)CC3)cc12. The molecule has 2 aromatic carbocycles. The van der Waals surface area contributed by atoms with Crippen LogP contribution in [0.3, 0.4) is 0 Å². The molecule has 2 heterocycles. The standard InChI is InChI=1S/C41H55FN2O3/c1-43-41(46)39-35-27-34(36(44-26-14-19-38(44)45)28-37(35)47-40(39)32-22-24-33(42)25-23-32)31-18-13-9-5-8-12-17-30(20-21-31)29-15-10-6-3-2-4-7-11-16-29/h22-25,27-31H,2-21,26H2,1H3,(H,43,46). The fourth-order valence-electron chi connectivity index (χ4n) is 8.89. The second kappa shape index (κ2) is 16.3. The molecule has 1 aromatic heterocycles. The molecule has 1 N–H and O–H groups in total. The molecule has 1 saturated heterocycles. The topological polar surface area (TPSA) is 62.6 Å². The number of amides is 2. The van der Waals surface area contributed by atoms with Gasteiger partial charge in [0.05, 0.1) is 11.3 Å². The number of benzene rings is 2. The quantitative estimate of drug-likeness (QED) is 0.301. The lowest BCUT2D eigenvalue weighted by Gasteiger charge is -2.31. The highest BCUT2D eigenvalue weighted by atomic mass is 19.1. The molecule has 3 aromatic rings. The molecule has 1 aliphatic heterocycles. The van der Waals surface area contributed by atoms with Crippen LogP contribution >= 0.6 is 0 Å². The van der Waals surface area contributed by atoms with Crippen molar-refractivity contribution in [2.75, 3.05) is 18.5 Å². The molecule has 2 aliphatic carbocycles. The zero-order valence-corrected chi connectivity index (χ0v) is 28.6. The smallest absolute Gasteiger partial charge is 0.255 e. The Hall–Kier alpha value is -3.15. The van der Waals surface area contributed by atoms with Gasteiger partial charge in [0.2, 0.25) is 5.91 Å². The third-order valence-corrected chi connectivity index (χ3v) is 11.5. The molecular weight excluding hydrogens is 587 g/mol. The van der Waals surface area contributed by atoms with Gasteiger partial charge in [0, 0.05) is 37.0 Å². The van der Waals surface area contributed by atoms with E-state index in [9.17, 15) is 14.0 Å². The van der Waals surface area contributed by atoms with Gasteiger partial charge in [-0.05, 0) is 79.3 Å². The van der Waals surface area contributed by atoms with Gasteiger partial charge in [-0.25, -0.2) is 4.39 Å². The number of nitrogens with zero attached hydrogens (tertiary/aromatic N) is 1. The number of carbonyl (C=O) groups excluding carboxylic acids is 2. The number of anilines is 1. The largest absolute Gasteiger partial charge is 0.455 e. The van der Waals surface area contributed by atoms with Crippen molar-refractivity contribution >= 4 is 28.5 Å². The third kappa shape index (κ3) is 8.12.